The Morgan fingerprint density at radius 3 is 1.43 bits per heavy atom. The summed E-state index contributed by atoms with van der Waals surface area (Å²) in [6.07, 6.45) is -1.83. The monoisotopic (exact) mass is 157 g/mol. The van der Waals surface area contributed by atoms with Gasteiger partial charge in [0.2, 0.25) is 0 Å². The molecule has 0 aliphatic rings. The fourth-order valence-electron chi connectivity index (χ4n) is 0. The van der Waals surface area contributed by atoms with Gasteiger partial charge in [0.25, 0.3) is 0 Å². The van der Waals surface area contributed by atoms with E-state index < -0.39 is 6.16 Å². The summed E-state index contributed by atoms with van der Waals surface area (Å²) in [6.45, 7) is 0. The third-order valence-corrected chi connectivity index (χ3v) is 0. The van der Waals surface area contributed by atoms with Crippen LogP contribution in [0.5, 0.6) is 0 Å². The number of carboxylic acid groups (broad SMARTS) is 2. The maximum atomic E-state index is 8.56. The van der Waals surface area contributed by atoms with E-state index in [0.717, 1.165) is 15.4 Å². The predicted octanol–water partition coefficient (Wildman–Crippen LogP) is -0.961. The van der Waals surface area contributed by atoms with Gasteiger partial charge in [-0.15, -0.1) is 0 Å². The molecule has 49 valence electrons. The van der Waals surface area contributed by atoms with Crippen LogP contribution in [0.2, 0.25) is 0 Å². The van der Waals surface area contributed by atoms with Crippen molar-refractivity contribution in [2.75, 3.05) is 0 Å². The summed E-state index contributed by atoms with van der Waals surface area (Å²) in [5.74, 6) is 0. The van der Waals surface area contributed by atoms with Gasteiger partial charge in [0.05, 0.1) is 0 Å². The van der Waals surface area contributed by atoms with E-state index >= 15 is 0 Å². The average Bonchev–Trinajstić information content (AvgIpc) is 1.33. The van der Waals surface area contributed by atoms with E-state index in [-0.39, 0.29) is 0 Å². The van der Waals surface area contributed by atoms with Gasteiger partial charge in [-0.3, -0.25) is 0 Å². The van der Waals surface area contributed by atoms with Gasteiger partial charge in [-0.1, -0.05) is 0 Å². The minimum atomic E-state index is -1.83. The van der Waals surface area contributed by atoms with Crippen LogP contribution in [0.4, 0.5) is 4.79 Å². The van der Waals surface area contributed by atoms with Gasteiger partial charge in [-0.25, -0.2) is 4.79 Å². The van der Waals surface area contributed by atoms with Crippen molar-refractivity contribution in [2.24, 2.45) is 9.50 Å². The summed E-state index contributed by atoms with van der Waals surface area (Å²) in [7, 11) is 0. The zero-order chi connectivity index (χ0) is 6.28. The number of rotatable bonds is 0. The predicted molar refractivity (Wildman–Crippen MR) is 19.0 cm³/mol. The van der Waals surface area contributed by atoms with E-state index in [9.17, 15) is 0 Å². The summed E-state index contributed by atoms with van der Waals surface area (Å²) >= 11 is 0.812. The van der Waals surface area contributed by atoms with E-state index in [1.807, 2.05) is 0 Å². The first-order valence-electron chi connectivity index (χ1n) is 0.999. The Hall–Kier alpha value is -0.291. The zero-order valence-corrected chi connectivity index (χ0v) is 4.20. The van der Waals surface area contributed by atoms with Crippen molar-refractivity contribution in [3.05, 3.63) is 0 Å². The molecule has 0 atom stereocenters. The van der Waals surface area contributed by atoms with Gasteiger partial charge in [-0.05, 0) is 0 Å². The van der Waals surface area contributed by atoms with Crippen molar-refractivity contribution >= 4 is 6.16 Å². The standard InChI is InChI=1S/CH2O3.Cu.2H2N/c2-1(3)4;;;/h(H2,2,3,4);;2*1H2/q;+2;2*-1. The van der Waals surface area contributed by atoms with Crippen LogP contribution in [0.15, 0.2) is 0 Å². The molecule has 0 radical (unpaired) electrons. The zero-order valence-electron chi connectivity index (χ0n) is 3.26. The number of hydrogen-bond donors (Lipinski definition) is 4. The second kappa shape index (κ2) is 9.20. The molecule has 0 amide bonds. The molecule has 0 saturated heterocycles. The topological polar surface area (TPSA) is 110 Å². The van der Waals surface area contributed by atoms with Gasteiger partial charge < -0.3 is 10.2 Å². The summed E-state index contributed by atoms with van der Waals surface area (Å²) in [6, 6.07) is 0. The molecule has 0 aromatic heterocycles. The third kappa shape index (κ3) is 931. The van der Waals surface area contributed by atoms with Gasteiger partial charge in [0, 0.05) is 0 Å². The molecule has 7 heavy (non-hydrogen) atoms. The van der Waals surface area contributed by atoms with Crippen molar-refractivity contribution in [3.63, 3.8) is 0 Å². The first kappa shape index (κ1) is 9.86. The second-order valence-electron chi connectivity index (χ2n) is 0.383. The SMILES string of the molecule is O=C(O)O.[NH2][Cu][NH2]. The van der Waals surface area contributed by atoms with Crippen LogP contribution < -0.4 is 9.50 Å². The van der Waals surface area contributed by atoms with E-state index in [0.29, 0.717) is 0 Å². The molecule has 0 heterocycles. The Bertz CT molecular complexity index is 44.2. The van der Waals surface area contributed by atoms with E-state index in [2.05, 4.69) is 9.50 Å². The van der Waals surface area contributed by atoms with Crippen LogP contribution >= 0.6 is 0 Å². The molecule has 5 nitrogen and oxygen atoms in total. The van der Waals surface area contributed by atoms with Crippen molar-refractivity contribution < 1.29 is 30.4 Å². The molecule has 6 N–H and O–H groups in total. The van der Waals surface area contributed by atoms with Crippen LogP contribution in [0.25, 0.3) is 0 Å². The van der Waals surface area contributed by atoms with Gasteiger partial charge in [0.15, 0.2) is 0 Å². The van der Waals surface area contributed by atoms with E-state index in [4.69, 9.17) is 15.0 Å². The van der Waals surface area contributed by atoms with Crippen molar-refractivity contribution in [3.8, 4) is 0 Å². The average molecular weight is 158 g/mol. The summed E-state index contributed by atoms with van der Waals surface area (Å²) in [4.78, 5) is 8.56. The van der Waals surface area contributed by atoms with E-state index in [1.54, 1.807) is 0 Å². The minimum absolute atomic E-state index is 0.812. The number of carbonyl (C=O) groups is 1. The van der Waals surface area contributed by atoms with Crippen molar-refractivity contribution in [1.82, 2.24) is 0 Å². The van der Waals surface area contributed by atoms with Crippen molar-refractivity contribution in [2.45, 2.75) is 0 Å². The molecular weight excluding hydrogens is 152 g/mol. The third-order valence-electron chi connectivity index (χ3n) is 0. The van der Waals surface area contributed by atoms with Crippen LogP contribution in [0, 0.1) is 0 Å². The molecular formula is CH6CuN2O3. The van der Waals surface area contributed by atoms with E-state index in [1.165, 1.54) is 0 Å². The van der Waals surface area contributed by atoms with Crippen LogP contribution in [0.1, 0.15) is 0 Å². The summed E-state index contributed by atoms with van der Waals surface area (Å²) in [5.41, 5.74) is 0. The molecule has 0 aliphatic carbocycles. The van der Waals surface area contributed by atoms with Crippen molar-refractivity contribution in [1.29, 1.82) is 0 Å². The van der Waals surface area contributed by atoms with Crippen LogP contribution in [-0.4, -0.2) is 16.4 Å². The Balaban J connectivity index is 0. The fourth-order valence-corrected chi connectivity index (χ4v) is 0. The molecule has 0 aromatic carbocycles. The summed E-state index contributed by atoms with van der Waals surface area (Å²) in [5, 5.41) is 13.9. The molecule has 0 fully saturated rings. The first-order chi connectivity index (χ1) is 3.15. The second-order valence-corrected chi connectivity index (χ2v) is 0.697. The summed E-state index contributed by atoms with van der Waals surface area (Å²) < 4.78 is 9.06. The van der Waals surface area contributed by atoms with Gasteiger partial charge in [-0.2, -0.15) is 0 Å². The first-order valence-corrected chi connectivity index (χ1v) is 2.09. The van der Waals surface area contributed by atoms with Gasteiger partial charge in [0.1, 0.15) is 0 Å². The molecule has 0 aliphatic heterocycles. The molecule has 0 rings (SSSR count). The molecule has 0 bridgehead atoms. The maximum absolute atomic E-state index is 8.56. The van der Waals surface area contributed by atoms with Crippen LogP contribution in [-0.2, 0) is 15.4 Å². The Kier molecular flexibility index (Phi) is 13.0. The Morgan fingerprint density at radius 1 is 1.43 bits per heavy atom. The molecule has 0 spiro atoms. The number of hydrogen-bond acceptors (Lipinski definition) is 3. The quantitative estimate of drug-likeness (QED) is 0.339. The molecule has 6 heteroatoms. The van der Waals surface area contributed by atoms with Crippen LogP contribution in [0.3, 0.4) is 0 Å². The normalized spacial score (nSPS) is 6.57. The number of nitrogens with two attached hydrogens (primary N) is 2. The molecule has 0 saturated carbocycles. The molecule has 0 aromatic rings. The Morgan fingerprint density at radius 2 is 1.43 bits per heavy atom. The van der Waals surface area contributed by atoms with Gasteiger partial charge >= 0.3 is 31.0 Å². The Labute approximate surface area is 46.9 Å². The molecule has 0 unspecified atom stereocenters. The fraction of sp³-hybridized carbons (Fsp3) is 0.